The zero-order chi connectivity index (χ0) is 20.9. The molecule has 10 heteroatoms. The van der Waals surface area contributed by atoms with E-state index in [1.54, 1.807) is 6.07 Å². The fraction of sp³-hybridized carbons (Fsp3) is 0.278. The van der Waals surface area contributed by atoms with Gasteiger partial charge in [-0.3, -0.25) is 14.4 Å². The Morgan fingerprint density at radius 1 is 1.32 bits per heavy atom. The van der Waals surface area contributed by atoms with Crippen LogP contribution in [0.2, 0.25) is 0 Å². The third-order valence-corrected chi connectivity index (χ3v) is 3.78. The van der Waals surface area contributed by atoms with E-state index in [4.69, 9.17) is 4.74 Å². The second-order valence-corrected chi connectivity index (χ2v) is 5.60. The van der Waals surface area contributed by atoms with Crippen molar-refractivity contribution in [3.05, 3.63) is 51.3 Å². The highest BCUT2D eigenvalue weighted by atomic mass is 19.4. The molecule has 7 nitrogen and oxygen atoms in total. The van der Waals surface area contributed by atoms with Crippen molar-refractivity contribution in [2.24, 2.45) is 4.99 Å². The molecule has 2 rings (SSSR count). The number of methoxy groups -OCH3 is 1. The molecule has 0 aliphatic heterocycles. The van der Waals surface area contributed by atoms with Gasteiger partial charge in [0.15, 0.2) is 0 Å². The number of aromatic hydroxyl groups is 1. The van der Waals surface area contributed by atoms with Gasteiger partial charge in [0.25, 0.3) is 5.56 Å². The van der Waals surface area contributed by atoms with Gasteiger partial charge in [0.05, 0.1) is 24.4 Å². The summed E-state index contributed by atoms with van der Waals surface area (Å²) in [7, 11) is 1.43. The molecule has 1 aromatic carbocycles. The molecule has 0 radical (unpaired) electrons. The highest BCUT2D eigenvalue weighted by Crippen LogP contribution is 2.26. The summed E-state index contributed by atoms with van der Waals surface area (Å²) in [5.74, 6) is -0.787. The number of pyridine rings is 1. The van der Waals surface area contributed by atoms with Gasteiger partial charge in [0, 0.05) is 13.3 Å². The van der Waals surface area contributed by atoms with E-state index in [0.29, 0.717) is 0 Å². The molecule has 0 saturated heterocycles. The molecule has 0 spiro atoms. The van der Waals surface area contributed by atoms with E-state index in [0.717, 1.165) is 16.7 Å². The van der Waals surface area contributed by atoms with Gasteiger partial charge in [-0.15, -0.1) is 13.2 Å². The summed E-state index contributed by atoms with van der Waals surface area (Å²) >= 11 is 0. The van der Waals surface area contributed by atoms with Crippen molar-refractivity contribution in [3.8, 4) is 17.7 Å². The van der Waals surface area contributed by atoms with E-state index < -0.39 is 17.7 Å². The minimum Gasteiger partial charge on any atom is -0.494 e. The first-order chi connectivity index (χ1) is 13.2. The number of hydrogen-bond donors (Lipinski definition) is 1. The number of benzene rings is 1. The number of aliphatic imine (C=N–C) groups is 1. The standard InChI is InChI=1S/C18H16F3N3O4/c1-11-14(9-22)16(25)24(7-8-27-2)17(26)15(11)10-23-12-3-5-13(6-4-12)28-18(19,20)21/h3-6,10,26H,7-8H2,1-2H3. The van der Waals surface area contributed by atoms with Crippen LogP contribution in [0.15, 0.2) is 34.1 Å². The summed E-state index contributed by atoms with van der Waals surface area (Å²) in [6.07, 6.45) is -3.56. The third-order valence-electron chi connectivity index (χ3n) is 3.78. The number of hydrogen-bond acceptors (Lipinski definition) is 6. The SMILES string of the molecule is COCCn1c(O)c(C=Nc2ccc(OC(F)(F)F)cc2)c(C)c(C#N)c1=O. The van der Waals surface area contributed by atoms with Crippen LogP contribution in [0.4, 0.5) is 18.9 Å². The monoisotopic (exact) mass is 395 g/mol. The van der Waals surface area contributed by atoms with Gasteiger partial charge < -0.3 is 14.6 Å². The Morgan fingerprint density at radius 2 is 1.96 bits per heavy atom. The predicted molar refractivity (Wildman–Crippen MR) is 94.1 cm³/mol. The maximum absolute atomic E-state index is 12.3. The summed E-state index contributed by atoms with van der Waals surface area (Å²) in [5, 5.41) is 19.7. The van der Waals surface area contributed by atoms with Gasteiger partial charge in [-0.2, -0.15) is 5.26 Å². The van der Waals surface area contributed by atoms with Crippen molar-refractivity contribution < 1.29 is 27.8 Å². The molecule has 0 unspecified atom stereocenters. The Labute approximate surface area is 157 Å². The summed E-state index contributed by atoms with van der Waals surface area (Å²) < 4.78 is 46.2. The normalized spacial score (nSPS) is 11.6. The fourth-order valence-electron chi connectivity index (χ4n) is 2.39. The molecule has 0 saturated carbocycles. The summed E-state index contributed by atoms with van der Waals surface area (Å²) in [6.45, 7) is 1.65. The first kappa shape index (κ1) is 21.0. The van der Waals surface area contributed by atoms with Gasteiger partial charge in [0.1, 0.15) is 17.4 Å². The third kappa shape index (κ3) is 4.89. The molecule has 0 amide bonds. The average Bonchev–Trinajstić information content (AvgIpc) is 2.62. The topological polar surface area (TPSA) is 96.8 Å². The molecule has 148 valence electrons. The van der Waals surface area contributed by atoms with Crippen LogP contribution in [0.25, 0.3) is 0 Å². The van der Waals surface area contributed by atoms with E-state index in [1.165, 1.54) is 32.4 Å². The van der Waals surface area contributed by atoms with E-state index in [9.17, 15) is 28.3 Å². The highest BCUT2D eigenvalue weighted by molar-refractivity contribution is 5.87. The number of halogens is 3. The minimum absolute atomic E-state index is 0.0282. The lowest BCUT2D eigenvalue weighted by molar-refractivity contribution is -0.274. The molecule has 0 aliphatic carbocycles. The number of ether oxygens (including phenoxy) is 2. The predicted octanol–water partition coefficient (Wildman–Crippen LogP) is 3.03. The summed E-state index contributed by atoms with van der Waals surface area (Å²) in [6, 6.07) is 6.56. The van der Waals surface area contributed by atoms with Gasteiger partial charge in [-0.1, -0.05) is 0 Å². The Bertz CT molecular complexity index is 974. The van der Waals surface area contributed by atoms with Gasteiger partial charge >= 0.3 is 6.36 Å². The lowest BCUT2D eigenvalue weighted by atomic mass is 10.1. The molecule has 0 aliphatic rings. The van der Waals surface area contributed by atoms with E-state index in [1.807, 2.05) is 0 Å². The largest absolute Gasteiger partial charge is 0.573 e. The zero-order valence-electron chi connectivity index (χ0n) is 14.9. The van der Waals surface area contributed by atoms with Crippen molar-refractivity contribution in [3.63, 3.8) is 0 Å². The molecule has 0 fully saturated rings. The Morgan fingerprint density at radius 3 is 2.50 bits per heavy atom. The molecule has 1 N–H and O–H groups in total. The first-order valence-electron chi connectivity index (χ1n) is 7.93. The second kappa shape index (κ2) is 8.58. The summed E-state index contributed by atoms with van der Waals surface area (Å²) in [5.41, 5.74) is -0.145. The number of alkyl halides is 3. The van der Waals surface area contributed by atoms with Crippen molar-refractivity contribution in [1.29, 1.82) is 5.26 Å². The van der Waals surface area contributed by atoms with Crippen LogP contribution >= 0.6 is 0 Å². The molecular formula is C18H16F3N3O4. The molecule has 0 atom stereocenters. The number of rotatable bonds is 6. The van der Waals surface area contributed by atoms with Crippen molar-refractivity contribution in [2.75, 3.05) is 13.7 Å². The van der Waals surface area contributed by atoms with Crippen molar-refractivity contribution >= 4 is 11.9 Å². The van der Waals surface area contributed by atoms with Crippen LogP contribution in [0.5, 0.6) is 11.6 Å². The second-order valence-electron chi connectivity index (χ2n) is 5.60. The fourth-order valence-corrected chi connectivity index (χ4v) is 2.39. The van der Waals surface area contributed by atoms with Crippen molar-refractivity contribution in [1.82, 2.24) is 4.57 Å². The van der Waals surface area contributed by atoms with Gasteiger partial charge in [-0.05, 0) is 36.8 Å². The molecule has 1 aromatic heterocycles. The van der Waals surface area contributed by atoms with Gasteiger partial charge in [-0.25, -0.2) is 0 Å². The van der Waals surface area contributed by atoms with Crippen LogP contribution < -0.4 is 10.3 Å². The Hall–Kier alpha value is -3.32. The quantitative estimate of drug-likeness (QED) is 0.759. The molecular weight excluding hydrogens is 379 g/mol. The van der Waals surface area contributed by atoms with E-state index >= 15 is 0 Å². The number of nitrogens with zero attached hydrogens (tertiary/aromatic N) is 3. The van der Waals surface area contributed by atoms with Crippen LogP contribution in [0.1, 0.15) is 16.7 Å². The average molecular weight is 395 g/mol. The summed E-state index contributed by atoms with van der Waals surface area (Å²) in [4.78, 5) is 16.4. The number of nitriles is 1. The maximum Gasteiger partial charge on any atom is 0.573 e. The molecule has 2 aromatic rings. The lowest BCUT2D eigenvalue weighted by Crippen LogP contribution is -2.26. The Balaban J connectivity index is 2.40. The maximum atomic E-state index is 12.3. The smallest absolute Gasteiger partial charge is 0.494 e. The van der Waals surface area contributed by atoms with E-state index in [2.05, 4.69) is 9.73 Å². The van der Waals surface area contributed by atoms with Crippen LogP contribution in [-0.4, -0.2) is 36.0 Å². The van der Waals surface area contributed by atoms with Crippen LogP contribution in [0.3, 0.4) is 0 Å². The number of aromatic nitrogens is 1. The van der Waals surface area contributed by atoms with Crippen molar-refractivity contribution in [2.45, 2.75) is 19.8 Å². The van der Waals surface area contributed by atoms with Gasteiger partial charge in [0.2, 0.25) is 5.88 Å². The minimum atomic E-state index is -4.79. The Kier molecular flexibility index (Phi) is 6.43. The molecule has 28 heavy (non-hydrogen) atoms. The lowest BCUT2D eigenvalue weighted by Gasteiger charge is -2.13. The molecule has 0 bridgehead atoms. The van der Waals surface area contributed by atoms with E-state index in [-0.39, 0.29) is 41.4 Å². The zero-order valence-corrected chi connectivity index (χ0v) is 14.9. The van der Waals surface area contributed by atoms with Crippen LogP contribution in [0, 0.1) is 18.3 Å². The molecule has 1 heterocycles. The highest BCUT2D eigenvalue weighted by Gasteiger charge is 2.30. The first-order valence-corrected chi connectivity index (χ1v) is 7.93. The van der Waals surface area contributed by atoms with Crippen LogP contribution in [-0.2, 0) is 11.3 Å².